The first kappa shape index (κ1) is 19.0. The third-order valence-corrected chi connectivity index (χ3v) is 4.49. The van der Waals surface area contributed by atoms with E-state index in [4.69, 9.17) is 10.4 Å². The molecule has 0 bridgehead atoms. The molecule has 0 atom stereocenters. The molecule has 4 heteroatoms. The van der Waals surface area contributed by atoms with Crippen molar-refractivity contribution < 1.29 is 9.90 Å². The molecule has 0 spiro atoms. The van der Waals surface area contributed by atoms with Gasteiger partial charge in [-0.2, -0.15) is 5.26 Å². The molecule has 0 unspecified atom stereocenters. The topological polar surface area (TPSA) is 73.1 Å². The highest BCUT2D eigenvalue weighted by Crippen LogP contribution is 2.32. The molecule has 2 N–H and O–H groups in total. The summed E-state index contributed by atoms with van der Waals surface area (Å²) in [6.45, 7) is 7.11. The van der Waals surface area contributed by atoms with Gasteiger partial charge in [-0.3, -0.25) is 5.32 Å². The molecular formula is C19H28N2O2. The van der Waals surface area contributed by atoms with Gasteiger partial charge in [0.05, 0.1) is 12.5 Å². The highest BCUT2D eigenvalue weighted by Gasteiger charge is 2.20. The van der Waals surface area contributed by atoms with Gasteiger partial charge >= 0.3 is 6.09 Å². The Morgan fingerprint density at radius 1 is 1.26 bits per heavy atom. The van der Waals surface area contributed by atoms with Gasteiger partial charge in [-0.05, 0) is 48.3 Å². The van der Waals surface area contributed by atoms with Crippen molar-refractivity contribution in [1.82, 2.24) is 0 Å². The lowest BCUT2D eigenvalue weighted by Crippen LogP contribution is -2.16. The van der Waals surface area contributed by atoms with Crippen LogP contribution in [-0.2, 0) is 6.42 Å². The average molecular weight is 316 g/mol. The average Bonchev–Trinajstić information content (AvgIpc) is 2.50. The van der Waals surface area contributed by atoms with Gasteiger partial charge in [0, 0.05) is 5.69 Å². The van der Waals surface area contributed by atoms with Crippen molar-refractivity contribution in [3.63, 3.8) is 0 Å². The van der Waals surface area contributed by atoms with Crippen LogP contribution in [0.25, 0.3) is 0 Å². The molecule has 0 heterocycles. The van der Waals surface area contributed by atoms with Crippen LogP contribution in [-0.4, -0.2) is 11.2 Å². The fourth-order valence-electron chi connectivity index (χ4n) is 2.87. The zero-order valence-corrected chi connectivity index (χ0v) is 14.4. The number of amides is 1. The molecule has 0 aromatic heterocycles. The quantitative estimate of drug-likeness (QED) is 0.793. The number of nitrogens with zero attached hydrogens (tertiary/aromatic N) is 1. The maximum Gasteiger partial charge on any atom is 0.409 e. The maximum atomic E-state index is 10.2. The maximum absolute atomic E-state index is 10.2. The van der Waals surface area contributed by atoms with Crippen LogP contribution in [0.4, 0.5) is 10.5 Å². The summed E-state index contributed by atoms with van der Waals surface area (Å²) in [7, 11) is 0. The minimum atomic E-state index is -1.09. The molecule has 2 rings (SSSR count). The van der Waals surface area contributed by atoms with E-state index in [0.29, 0.717) is 12.1 Å². The van der Waals surface area contributed by atoms with E-state index < -0.39 is 6.09 Å². The van der Waals surface area contributed by atoms with E-state index >= 15 is 0 Å². The van der Waals surface area contributed by atoms with E-state index in [1.165, 1.54) is 25.7 Å². The molecule has 1 saturated carbocycles. The van der Waals surface area contributed by atoms with Gasteiger partial charge in [0.15, 0.2) is 0 Å². The summed E-state index contributed by atoms with van der Waals surface area (Å²) in [6.07, 6.45) is 5.17. The first-order chi connectivity index (χ1) is 10.9. The second-order valence-electron chi connectivity index (χ2n) is 6.73. The van der Waals surface area contributed by atoms with Crippen molar-refractivity contribution in [2.75, 3.05) is 5.32 Å². The van der Waals surface area contributed by atoms with Crippen molar-refractivity contribution in [2.24, 2.45) is 17.8 Å². The summed E-state index contributed by atoms with van der Waals surface area (Å²) in [6, 6.07) is 8.69. The molecule has 0 aliphatic heterocycles. The second kappa shape index (κ2) is 9.89. The molecule has 1 aliphatic rings. The monoisotopic (exact) mass is 316 g/mol. The van der Waals surface area contributed by atoms with Gasteiger partial charge in [0.1, 0.15) is 0 Å². The van der Waals surface area contributed by atoms with Crippen LogP contribution in [0.3, 0.4) is 0 Å². The van der Waals surface area contributed by atoms with E-state index in [1.54, 1.807) is 24.3 Å². The second-order valence-corrected chi connectivity index (χ2v) is 6.73. The third-order valence-electron chi connectivity index (χ3n) is 4.49. The number of hydrogen-bond acceptors (Lipinski definition) is 2. The largest absolute Gasteiger partial charge is 0.465 e. The van der Waals surface area contributed by atoms with Crippen molar-refractivity contribution in [3.05, 3.63) is 29.8 Å². The third kappa shape index (κ3) is 7.69. The van der Waals surface area contributed by atoms with Gasteiger partial charge in [0.25, 0.3) is 0 Å². The summed E-state index contributed by atoms with van der Waals surface area (Å²) in [5.74, 6) is 2.97. The molecule has 126 valence electrons. The van der Waals surface area contributed by atoms with Gasteiger partial charge in [-0.15, -0.1) is 0 Å². The molecule has 1 aromatic rings. The fraction of sp³-hybridized carbons (Fsp3) is 0.579. The van der Waals surface area contributed by atoms with Gasteiger partial charge in [-0.1, -0.05) is 45.7 Å². The summed E-state index contributed by atoms with van der Waals surface area (Å²) < 4.78 is 0. The number of nitriles is 1. The lowest BCUT2D eigenvalue weighted by molar-refractivity contribution is 0.209. The first-order valence-corrected chi connectivity index (χ1v) is 8.38. The molecular weight excluding hydrogens is 288 g/mol. The van der Waals surface area contributed by atoms with E-state index in [0.717, 1.165) is 23.3 Å². The standard InChI is InChI=1S/C10H20.C9H8N2O2/c1-8(2)10-6-4-9(3)5-7-10;10-6-5-7-1-3-8(4-2-7)11-9(12)13/h8-10H,4-7H2,1-3H3;1-4,11H,5H2,(H,12,13)/t9-,10+;. The lowest BCUT2D eigenvalue weighted by atomic mass is 9.78. The smallest absolute Gasteiger partial charge is 0.409 e. The zero-order chi connectivity index (χ0) is 17.2. The fourth-order valence-corrected chi connectivity index (χ4v) is 2.87. The number of hydrogen-bond donors (Lipinski definition) is 2. The number of rotatable bonds is 3. The minimum absolute atomic E-state index is 0.341. The number of anilines is 1. The molecule has 1 amide bonds. The van der Waals surface area contributed by atoms with Gasteiger partial charge in [-0.25, -0.2) is 4.79 Å². The Bertz CT molecular complexity index is 509. The Morgan fingerprint density at radius 2 is 1.83 bits per heavy atom. The van der Waals surface area contributed by atoms with Crippen LogP contribution >= 0.6 is 0 Å². The van der Waals surface area contributed by atoms with Crippen LogP contribution < -0.4 is 5.32 Å². The number of carbonyl (C=O) groups is 1. The normalized spacial score (nSPS) is 20.1. The minimum Gasteiger partial charge on any atom is -0.465 e. The lowest BCUT2D eigenvalue weighted by Gasteiger charge is -2.28. The highest BCUT2D eigenvalue weighted by atomic mass is 16.4. The molecule has 1 aromatic carbocycles. The Morgan fingerprint density at radius 3 is 2.26 bits per heavy atom. The van der Waals surface area contributed by atoms with Crippen molar-refractivity contribution in [3.8, 4) is 6.07 Å². The van der Waals surface area contributed by atoms with E-state index in [2.05, 4.69) is 26.1 Å². The number of carboxylic acid groups (broad SMARTS) is 1. The summed E-state index contributed by atoms with van der Waals surface area (Å²) >= 11 is 0. The van der Waals surface area contributed by atoms with Crippen LogP contribution in [0.15, 0.2) is 24.3 Å². The summed E-state index contributed by atoms with van der Waals surface area (Å²) in [4.78, 5) is 10.2. The van der Waals surface area contributed by atoms with Crippen molar-refractivity contribution in [1.29, 1.82) is 5.26 Å². The Labute approximate surface area is 139 Å². The van der Waals surface area contributed by atoms with Gasteiger partial charge in [0.2, 0.25) is 0 Å². The van der Waals surface area contributed by atoms with Crippen molar-refractivity contribution in [2.45, 2.75) is 52.9 Å². The summed E-state index contributed by atoms with van der Waals surface area (Å²) in [5, 5.41) is 19.0. The molecule has 0 saturated heterocycles. The van der Waals surface area contributed by atoms with E-state index in [1.807, 2.05) is 6.07 Å². The molecule has 1 aliphatic carbocycles. The number of benzene rings is 1. The SMILES string of the molecule is CC(C)[C@H]1CC[C@@H](C)CC1.N#CCc1ccc(NC(=O)O)cc1. The van der Waals surface area contributed by atoms with Crippen LogP contribution in [0.2, 0.25) is 0 Å². The van der Waals surface area contributed by atoms with E-state index in [9.17, 15) is 4.79 Å². The first-order valence-electron chi connectivity index (χ1n) is 8.38. The molecule has 1 fully saturated rings. The van der Waals surface area contributed by atoms with Crippen LogP contribution in [0.5, 0.6) is 0 Å². The summed E-state index contributed by atoms with van der Waals surface area (Å²) in [5.41, 5.74) is 1.38. The van der Waals surface area contributed by atoms with Crippen LogP contribution in [0, 0.1) is 29.1 Å². The van der Waals surface area contributed by atoms with E-state index in [-0.39, 0.29) is 0 Å². The van der Waals surface area contributed by atoms with Crippen LogP contribution in [0.1, 0.15) is 52.0 Å². The predicted octanol–water partition coefficient (Wildman–Crippen LogP) is 5.31. The highest BCUT2D eigenvalue weighted by molar-refractivity contribution is 5.82. The van der Waals surface area contributed by atoms with Gasteiger partial charge < -0.3 is 5.11 Å². The molecule has 23 heavy (non-hydrogen) atoms. The number of nitrogens with one attached hydrogen (secondary N) is 1. The zero-order valence-electron chi connectivity index (χ0n) is 14.4. The van der Waals surface area contributed by atoms with Crippen molar-refractivity contribution >= 4 is 11.8 Å². The Hall–Kier alpha value is -2.02. The molecule has 4 nitrogen and oxygen atoms in total. The molecule has 0 radical (unpaired) electrons. The predicted molar refractivity (Wildman–Crippen MR) is 93.4 cm³/mol. The Kier molecular flexibility index (Phi) is 8.18. The Balaban J connectivity index is 0.000000238.